The van der Waals surface area contributed by atoms with Crippen LogP contribution in [0.25, 0.3) is 11.1 Å². The summed E-state index contributed by atoms with van der Waals surface area (Å²) in [7, 11) is 0. The van der Waals surface area contributed by atoms with E-state index in [0.29, 0.717) is 11.8 Å². The van der Waals surface area contributed by atoms with E-state index in [0.717, 1.165) is 0 Å². The first-order chi connectivity index (χ1) is 14.7. The molecule has 0 saturated heterocycles. The monoisotopic (exact) mass is 512 g/mol. The summed E-state index contributed by atoms with van der Waals surface area (Å²) in [6.45, 7) is 0. The molecule has 0 nitrogen and oxygen atoms in total. The largest absolute Gasteiger partial charge is 0.0622 e. The van der Waals surface area contributed by atoms with Crippen LogP contribution in [-0.4, -0.2) is 0 Å². The van der Waals surface area contributed by atoms with Gasteiger partial charge in [0, 0.05) is 20.8 Å². The Balaban J connectivity index is 1.60. The van der Waals surface area contributed by atoms with Crippen molar-refractivity contribution in [2.24, 2.45) is 11.8 Å². The second-order valence-electron chi connectivity index (χ2n) is 7.99. The van der Waals surface area contributed by atoms with Gasteiger partial charge in [-0.15, -0.1) is 0 Å². The van der Waals surface area contributed by atoms with Gasteiger partial charge in [-0.3, -0.25) is 0 Å². The van der Waals surface area contributed by atoms with E-state index in [4.69, 9.17) is 0 Å². The zero-order valence-corrected chi connectivity index (χ0v) is 19.3. The quantitative estimate of drug-likeness (QED) is 0.380. The van der Waals surface area contributed by atoms with Crippen LogP contribution in [-0.2, 0) is 0 Å². The molecule has 4 aliphatic rings. The lowest BCUT2D eigenvalue weighted by atomic mass is 9.61. The van der Waals surface area contributed by atoms with Gasteiger partial charge in [0.25, 0.3) is 0 Å². The maximum absolute atomic E-state index is 3.89. The molecule has 0 N–H and O–H groups in total. The van der Waals surface area contributed by atoms with E-state index in [1.165, 1.54) is 53.5 Å². The van der Waals surface area contributed by atoms with Gasteiger partial charge in [-0.05, 0) is 56.7 Å². The molecule has 0 heterocycles. The van der Waals surface area contributed by atoms with Crippen molar-refractivity contribution in [3.8, 4) is 0 Å². The molecule has 2 heteroatoms. The molecule has 0 spiro atoms. The lowest BCUT2D eigenvalue weighted by Gasteiger charge is -2.43. The second kappa shape index (κ2) is 7.08. The Morgan fingerprint density at radius 2 is 1.20 bits per heavy atom. The molecule has 30 heavy (non-hydrogen) atoms. The number of halogens is 2. The first kappa shape index (κ1) is 18.4. The fourth-order valence-corrected chi connectivity index (χ4v) is 6.34. The fourth-order valence-electron chi connectivity index (χ4n) is 5.12. The molecule has 0 bridgehead atoms. The summed E-state index contributed by atoms with van der Waals surface area (Å²) >= 11 is 7.79. The highest BCUT2D eigenvalue weighted by atomic mass is 79.9. The Kier molecular flexibility index (Phi) is 4.33. The zero-order valence-electron chi connectivity index (χ0n) is 16.1. The third kappa shape index (κ3) is 2.71. The molecule has 6 rings (SSSR count). The standard InChI is InChI=1S/C28H18Br2/c29-25-15-23(17-7-3-1-4-8-17)19-11-13-22-26(30)16-24(18-9-5-2-6-10-18)20-12-14-21(25)27(19)28(20)22/h1-16,27-28H. The molecule has 2 aromatic carbocycles. The van der Waals surface area contributed by atoms with Crippen LogP contribution in [0.2, 0.25) is 0 Å². The summed E-state index contributed by atoms with van der Waals surface area (Å²) in [5.74, 6) is 0.638. The highest BCUT2D eigenvalue weighted by Gasteiger charge is 2.43. The van der Waals surface area contributed by atoms with Crippen molar-refractivity contribution in [1.82, 2.24) is 0 Å². The lowest BCUT2D eigenvalue weighted by Crippen LogP contribution is -2.31. The molecule has 0 amide bonds. The second-order valence-corrected chi connectivity index (χ2v) is 9.70. The highest BCUT2D eigenvalue weighted by Crippen LogP contribution is 2.57. The summed E-state index contributed by atoms with van der Waals surface area (Å²) in [5, 5.41) is 0. The fraction of sp³-hybridized carbons (Fsp3) is 0.0714. The molecule has 144 valence electrons. The van der Waals surface area contributed by atoms with Gasteiger partial charge in [-0.25, -0.2) is 0 Å². The van der Waals surface area contributed by atoms with Crippen LogP contribution in [0.5, 0.6) is 0 Å². The summed E-state index contributed by atoms with van der Waals surface area (Å²) < 4.78 is 2.37. The van der Waals surface area contributed by atoms with Crippen molar-refractivity contribution in [2.75, 3.05) is 0 Å². The van der Waals surface area contributed by atoms with Crippen LogP contribution in [0, 0.1) is 11.8 Å². The molecule has 2 aromatic rings. The molecule has 2 unspecified atom stereocenters. The highest BCUT2D eigenvalue weighted by molar-refractivity contribution is 9.12. The first-order valence-corrected chi connectivity index (χ1v) is 11.7. The molecular weight excluding hydrogens is 496 g/mol. The third-order valence-corrected chi connectivity index (χ3v) is 7.82. The Labute approximate surface area is 193 Å². The van der Waals surface area contributed by atoms with E-state index in [1.54, 1.807) is 0 Å². The molecule has 0 fully saturated rings. The minimum absolute atomic E-state index is 0.319. The average Bonchev–Trinajstić information content (AvgIpc) is 2.80. The summed E-state index contributed by atoms with van der Waals surface area (Å²) in [6, 6.07) is 21.5. The predicted octanol–water partition coefficient (Wildman–Crippen LogP) is 8.15. The average molecular weight is 514 g/mol. The SMILES string of the molecule is BrC1=CC(c2ccccc2)=C2C=CC3=C(Br)C=C(c4ccccc4)C4=CC=C1C2C43. The van der Waals surface area contributed by atoms with Crippen molar-refractivity contribution in [2.45, 2.75) is 0 Å². The van der Waals surface area contributed by atoms with E-state index in [1.807, 2.05) is 0 Å². The van der Waals surface area contributed by atoms with Crippen LogP contribution in [0.15, 0.2) is 128 Å². The van der Waals surface area contributed by atoms with Gasteiger partial charge in [-0.1, -0.05) is 117 Å². The van der Waals surface area contributed by atoms with Gasteiger partial charge in [0.05, 0.1) is 0 Å². The van der Waals surface area contributed by atoms with Gasteiger partial charge in [0.15, 0.2) is 0 Å². The van der Waals surface area contributed by atoms with Crippen LogP contribution < -0.4 is 0 Å². The van der Waals surface area contributed by atoms with E-state index in [-0.39, 0.29) is 0 Å². The van der Waals surface area contributed by atoms with E-state index < -0.39 is 0 Å². The van der Waals surface area contributed by atoms with Crippen molar-refractivity contribution in [3.63, 3.8) is 0 Å². The number of hydrogen-bond acceptors (Lipinski definition) is 0. The smallest absolute Gasteiger partial charge is 0.0220 e. The normalized spacial score (nSPS) is 24.1. The molecule has 0 aliphatic heterocycles. The van der Waals surface area contributed by atoms with Gasteiger partial charge in [-0.2, -0.15) is 0 Å². The van der Waals surface area contributed by atoms with E-state index in [9.17, 15) is 0 Å². The number of hydrogen-bond donors (Lipinski definition) is 0. The topological polar surface area (TPSA) is 0 Å². The van der Waals surface area contributed by atoms with Crippen molar-refractivity contribution in [3.05, 3.63) is 140 Å². The first-order valence-electron chi connectivity index (χ1n) is 10.2. The molecule has 2 atom stereocenters. The number of rotatable bonds is 2. The van der Waals surface area contributed by atoms with E-state index >= 15 is 0 Å². The lowest BCUT2D eigenvalue weighted by molar-refractivity contribution is 0.567. The van der Waals surface area contributed by atoms with Crippen molar-refractivity contribution in [1.29, 1.82) is 0 Å². The predicted molar refractivity (Wildman–Crippen MR) is 133 cm³/mol. The Bertz CT molecular complexity index is 1280. The van der Waals surface area contributed by atoms with Crippen LogP contribution >= 0.6 is 31.9 Å². The van der Waals surface area contributed by atoms with Crippen molar-refractivity contribution < 1.29 is 0 Å². The summed E-state index contributed by atoms with van der Waals surface area (Å²) in [4.78, 5) is 0. The van der Waals surface area contributed by atoms with Gasteiger partial charge in [0.1, 0.15) is 0 Å². The summed E-state index contributed by atoms with van der Waals surface area (Å²) in [6.07, 6.45) is 13.9. The molecule has 0 saturated carbocycles. The Morgan fingerprint density at radius 1 is 0.600 bits per heavy atom. The number of allylic oxidation sites excluding steroid dienone is 14. The minimum atomic E-state index is 0.319. The number of benzene rings is 2. The summed E-state index contributed by atoms with van der Waals surface area (Å²) in [5.41, 5.74) is 10.7. The molecular formula is C28H18Br2. The zero-order chi connectivity index (χ0) is 20.2. The molecule has 0 aromatic heterocycles. The third-order valence-electron chi connectivity index (χ3n) is 6.44. The molecule has 4 aliphatic carbocycles. The van der Waals surface area contributed by atoms with Gasteiger partial charge in [0.2, 0.25) is 0 Å². The van der Waals surface area contributed by atoms with Gasteiger partial charge >= 0.3 is 0 Å². The van der Waals surface area contributed by atoms with Crippen LogP contribution in [0.1, 0.15) is 11.1 Å². The van der Waals surface area contributed by atoms with Crippen LogP contribution in [0.3, 0.4) is 0 Å². The minimum Gasteiger partial charge on any atom is -0.0622 e. The van der Waals surface area contributed by atoms with E-state index in [2.05, 4.69) is 129 Å². The Morgan fingerprint density at radius 3 is 1.93 bits per heavy atom. The maximum Gasteiger partial charge on any atom is 0.0220 e. The van der Waals surface area contributed by atoms with Crippen molar-refractivity contribution >= 4 is 43.0 Å². The Hall–Kier alpha value is -2.42. The van der Waals surface area contributed by atoms with Crippen LogP contribution in [0.4, 0.5) is 0 Å². The maximum atomic E-state index is 3.89. The van der Waals surface area contributed by atoms with Gasteiger partial charge < -0.3 is 0 Å². The molecule has 0 radical (unpaired) electrons.